The highest BCUT2D eigenvalue weighted by Gasteiger charge is 2.17. The van der Waals surface area contributed by atoms with Crippen molar-refractivity contribution >= 4 is 51.2 Å². The van der Waals surface area contributed by atoms with Gasteiger partial charge >= 0.3 is 5.97 Å². The van der Waals surface area contributed by atoms with Crippen molar-refractivity contribution in [1.29, 1.82) is 0 Å². The first-order valence-electron chi connectivity index (χ1n) is 7.49. The molecule has 0 heterocycles. The summed E-state index contributed by atoms with van der Waals surface area (Å²) in [4.78, 5) is 11.5. The molecule has 0 aliphatic heterocycles. The largest absolute Gasteiger partial charge is 0.496 e. The quantitative estimate of drug-likeness (QED) is 0.422. The Morgan fingerprint density at radius 3 is 2.32 bits per heavy atom. The predicted molar refractivity (Wildman–Crippen MR) is 113 cm³/mol. The molecule has 0 saturated heterocycles. The maximum Gasteiger partial charge on any atom is 0.322 e. The number of hydrogen-bond donors (Lipinski definition) is 1. The lowest BCUT2D eigenvalue weighted by molar-refractivity contribution is -0.142. The number of ether oxygens (including phenoxy) is 3. The zero-order valence-corrected chi connectivity index (χ0v) is 18.5. The minimum absolute atomic E-state index is 0.417. The number of hydrogen-bond acceptors (Lipinski definition) is 5. The Kier molecular flexibility index (Phi) is 7.32. The van der Waals surface area contributed by atoms with Gasteiger partial charge in [0.25, 0.3) is 0 Å². The summed E-state index contributed by atoms with van der Waals surface area (Å²) in [7, 11) is 2.98. The van der Waals surface area contributed by atoms with Gasteiger partial charge in [0, 0.05) is 0 Å². The Labute approximate surface area is 174 Å². The van der Waals surface area contributed by atoms with Crippen LogP contribution in [0.3, 0.4) is 0 Å². The maximum atomic E-state index is 11.5. The fraction of sp³-hybridized carbons (Fsp3) is 0.278. The molecule has 0 aliphatic carbocycles. The van der Waals surface area contributed by atoms with Crippen LogP contribution in [0.1, 0.15) is 11.1 Å². The van der Waals surface area contributed by atoms with Crippen LogP contribution < -0.4 is 15.2 Å². The van der Waals surface area contributed by atoms with E-state index in [1.54, 1.807) is 7.11 Å². The third kappa shape index (κ3) is 5.20. The molecule has 2 aromatic carbocycles. The fourth-order valence-electron chi connectivity index (χ4n) is 2.35. The van der Waals surface area contributed by atoms with Crippen LogP contribution in [-0.4, -0.2) is 26.2 Å². The summed E-state index contributed by atoms with van der Waals surface area (Å²) in [5.41, 5.74) is 7.81. The highest BCUT2D eigenvalue weighted by atomic mass is 127. The molecule has 2 N–H and O–H groups in total. The lowest BCUT2D eigenvalue weighted by Crippen LogP contribution is -2.33. The Bertz CT molecular complexity index is 757. The lowest BCUT2D eigenvalue weighted by atomic mass is 10.1. The van der Waals surface area contributed by atoms with E-state index in [0.29, 0.717) is 6.42 Å². The minimum atomic E-state index is -0.674. The van der Waals surface area contributed by atoms with Crippen LogP contribution in [0.2, 0.25) is 0 Å². The number of nitrogens with two attached hydrogens (primary N) is 1. The molecule has 7 heteroatoms. The molecule has 5 nitrogen and oxygen atoms in total. The van der Waals surface area contributed by atoms with Gasteiger partial charge in [-0.3, -0.25) is 4.79 Å². The molecule has 134 valence electrons. The van der Waals surface area contributed by atoms with E-state index in [9.17, 15) is 4.79 Å². The van der Waals surface area contributed by atoms with E-state index in [1.807, 2.05) is 37.3 Å². The summed E-state index contributed by atoms with van der Waals surface area (Å²) in [5.74, 6) is 1.93. The molecule has 25 heavy (non-hydrogen) atoms. The van der Waals surface area contributed by atoms with Crippen LogP contribution in [-0.2, 0) is 16.0 Å². The van der Waals surface area contributed by atoms with Crippen molar-refractivity contribution in [2.24, 2.45) is 5.73 Å². The van der Waals surface area contributed by atoms with Crippen molar-refractivity contribution in [2.45, 2.75) is 19.4 Å². The standard InChI is InChI=1S/C18H19I2NO4/c1-10-6-12(4-5-16(10)23-2)25-17-13(19)7-11(8-14(17)20)9-15(21)18(22)24-3/h4-8,15H,9,21H2,1-3H3/t15-/m0/s1. The second-order valence-electron chi connectivity index (χ2n) is 5.46. The number of carbonyl (C=O) groups excluding carboxylic acids is 1. The molecule has 0 aliphatic rings. The van der Waals surface area contributed by atoms with Crippen molar-refractivity contribution < 1.29 is 19.0 Å². The first kappa shape index (κ1) is 20.2. The van der Waals surface area contributed by atoms with Crippen LogP contribution in [0, 0.1) is 14.1 Å². The molecular formula is C18H19I2NO4. The molecule has 2 rings (SSSR count). The van der Waals surface area contributed by atoms with Gasteiger partial charge in [-0.25, -0.2) is 0 Å². The SMILES string of the molecule is COC(=O)[C@@H](N)Cc1cc(I)c(Oc2ccc(OC)c(C)c2)c(I)c1. The summed E-state index contributed by atoms with van der Waals surface area (Å²) >= 11 is 4.45. The molecule has 0 fully saturated rings. The van der Waals surface area contributed by atoms with Crippen LogP contribution in [0.25, 0.3) is 0 Å². The lowest BCUT2D eigenvalue weighted by Gasteiger charge is -2.15. The van der Waals surface area contributed by atoms with E-state index in [2.05, 4.69) is 49.9 Å². The van der Waals surface area contributed by atoms with Gasteiger partial charge in [0.05, 0.1) is 21.4 Å². The molecule has 0 unspecified atom stereocenters. The summed E-state index contributed by atoms with van der Waals surface area (Å²) in [6.45, 7) is 1.97. The highest BCUT2D eigenvalue weighted by Crippen LogP contribution is 2.34. The first-order chi connectivity index (χ1) is 11.8. The second-order valence-corrected chi connectivity index (χ2v) is 7.78. The summed E-state index contributed by atoms with van der Waals surface area (Å²) in [6.07, 6.45) is 0.417. The fourth-order valence-corrected chi connectivity index (χ4v) is 4.47. The zero-order valence-electron chi connectivity index (χ0n) is 14.1. The number of rotatable bonds is 6. The number of methoxy groups -OCH3 is 2. The Morgan fingerprint density at radius 2 is 1.80 bits per heavy atom. The van der Waals surface area contributed by atoms with Gasteiger partial charge in [0.2, 0.25) is 0 Å². The third-order valence-electron chi connectivity index (χ3n) is 3.60. The van der Waals surface area contributed by atoms with Crippen molar-refractivity contribution in [1.82, 2.24) is 0 Å². The van der Waals surface area contributed by atoms with E-state index < -0.39 is 12.0 Å². The highest BCUT2D eigenvalue weighted by molar-refractivity contribution is 14.1. The van der Waals surface area contributed by atoms with Gasteiger partial charge < -0.3 is 19.9 Å². The van der Waals surface area contributed by atoms with Gasteiger partial charge in [0.1, 0.15) is 17.5 Å². The summed E-state index contributed by atoms with van der Waals surface area (Å²) < 4.78 is 17.9. The molecular weight excluding hydrogens is 548 g/mol. The first-order valence-corrected chi connectivity index (χ1v) is 9.65. The molecule has 0 radical (unpaired) electrons. The van der Waals surface area contributed by atoms with Gasteiger partial charge in [-0.15, -0.1) is 0 Å². The van der Waals surface area contributed by atoms with Crippen LogP contribution in [0.5, 0.6) is 17.2 Å². The van der Waals surface area contributed by atoms with Crippen LogP contribution >= 0.6 is 45.2 Å². The van der Waals surface area contributed by atoms with E-state index >= 15 is 0 Å². The number of benzene rings is 2. The topological polar surface area (TPSA) is 70.8 Å². The number of aryl methyl sites for hydroxylation is 1. The number of halogens is 2. The second kappa shape index (κ2) is 9.04. The minimum Gasteiger partial charge on any atom is -0.496 e. The van der Waals surface area contributed by atoms with Crippen LogP contribution in [0.4, 0.5) is 0 Å². The monoisotopic (exact) mass is 567 g/mol. The number of esters is 1. The van der Waals surface area contributed by atoms with Crippen molar-refractivity contribution in [3.63, 3.8) is 0 Å². The Morgan fingerprint density at radius 1 is 1.16 bits per heavy atom. The molecule has 1 atom stereocenters. The molecule has 2 aromatic rings. The molecule has 0 saturated carbocycles. The average molecular weight is 567 g/mol. The molecule has 0 aromatic heterocycles. The Hall–Kier alpha value is -1.07. The molecule has 0 spiro atoms. The van der Waals surface area contributed by atoms with E-state index in [4.69, 9.17) is 15.2 Å². The third-order valence-corrected chi connectivity index (χ3v) is 5.21. The van der Waals surface area contributed by atoms with Crippen LogP contribution in [0.15, 0.2) is 30.3 Å². The van der Waals surface area contributed by atoms with Crippen molar-refractivity contribution in [3.05, 3.63) is 48.6 Å². The molecule has 0 amide bonds. The summed E-state index contributed by atoms with van der Waals surface area (Å²) in [6, 6.07) is 8.96. The van der Waals surface area contributed by atoms with Gasteiger partial charge in [-0.2, -0.15) is 0 Å². The summed E-state index contributed by atoms with van der Waals surface area (Å²) in [5, 5.41) is 0. The van der Waals surface area contributed by atoms with Gasteiger partial charge in [-0.1, -0.05) is 0 Å². The predicted octanol–water partition coefficient (Wildman–Crippen LogP) is 4.05. The zero-order chi connectivity index (χ0) is 18.6. The smallest absolute Gasteiger partial charge is 0.322 e. The van der Waals surface area contributed by atoms with Crippen molar-refractivity contribution in [3.8, 4) is 17.2 Å². The maximum absolute atomic E-state index is 11.5. The van der Waals surface area contributed by atoms with E-state index in [0.717, 1.165) is 35.5 Å². The normalized spacial score (nSPS) is 11.8. The van der Waals surface area contributed by atoms with E-state index in [-0.39, 0.29) is 0 Å². The van der Waals surface area contributed by atoms with E-state index in [1.165, 1.54) is 7.11 Å². The number of carbonyl (C=O) groups is 1. The Balaban J connectivity index is 2.22. The molecule has 0 bridgehead atoms. The average Bonchev–Trinajstić information content (AvgIpc) is 2.57. The van der Waals surface area contributed by atoms with Crippen molar-refractivity contribution in [2.75, 3.05) is 14.2 Å². The van der Waals surface area contributed by atoms with Gasteiger partial charge in [-0.05, 0) is 100.0 Å². The van der Waals surface area contributed by atoms with Gasteiger partial charge in [0.15, 0.2) is 5.75 Å².